The van der Waals surface area contributed by atoms with Gasteiger partial charge in [0.2, 0.25) is 0 Å². The predicted molar refractivity (Wildman–Crippen MR) is 120 cm³/mol. The van der Waals surface area contributed by atoms with Crippen molar-refractivity contribution in [3.8, 4) is 0 Å². The summed E-state index contributed by atoms with van der Waals surface area (Å²) in [6.45, 7) is 8.47. The Hall–Kier alpha value is -2.20. The summed E-state index contributed by atoms with van der Waals surface area (Å²) >= 11 is 0. The fourth-order valence-electron chi connectivity index (χ4n) is 3.45. The molecule has 1 fully saturated rings. The highest BCUT2D eigenvalue weighted by molar-refractivity contribution is 5.97. The average molecular weight is 387 g/mol. The molecule has 0 atom stereocenters. The number of para-hydroxylation sites is 1. The Morgan fingerprint density at radius 1 is 0.852 bits per heavy atom. The highest BCUT2D eigenvalue weighted by Gasteiger charge is 2.17. The lowest BCUT2D eigenvalue weighted by molar-refractivity contribution is 0.631. The van der Waals surface area contributed by atoms with E-state index in [9.17, 15) is 0 Å². The van der Waals surface area contributed by atoms with Gasteiger partial charge in [0.25, 0.3) is 0 Å². The van der Waals surface area contributed by atoms with Gasteiger partial charge in [-0.15, -0.1) is 12.4 Å². The molecule has 0 spiro atoms. The normalized spacial score (nSPS) is 15.0. The molecule has 5 heteroatoms. The third-order valence-corrected chi connectivity index (χ3v) is 5.19. The van der Waals surface area contributed by atoms with Crippen LogP contribution >= 0.6 is 12.4 Å². The third kappa shape index (κ3) is 5.39. The Bertz CT molecular complexity index is 703. The maximum atomic E-state index is 6.19. The highest BCUT2D eigenvalue weighted by Crippen LogP contribution is 2.21. The van der Waals surface area contributed by atoms with Crippen LogP contribution in [0.4, 0.5) is 11.4 Å². The lowest BCUT2D eigenvalue weighted by Gasteiger charge is -2.37. The van der Waals surface area contributed by atoms with Crippen LogP contribution in [0.5, 0.6) is 0 Å². The van der Waals surface area contributed by atoms with Crippen LogP contribution in [0.15, 0.2) is 59.6 Å². The van der Waals surface area contributed by atoms with Crippen molar-refractivity contribution in [3.63, 3.8) is 0 Å². The standard InChI is InChI=1S/C22H30N4.ClH/c1-3-19(4-2)24-22(23)18-10-12-21(13-11-18)26-16-14-25(15-17-26)20-8-6-5-7-9-20;/h5-13,19H,3-4,14-17H2,1-2H3,(H2,23,24);1H. The molecule has 146 valence electrons. The molecule has 1 heterocycles. The van der Waals surface area contributed by atoms with Crippen molar-refractivity contribution in [1.82, 2.24) is 0 Å². The molecule has 27 heavy (non-hydrogen) atoms. The molecule has 1 saturated heterocycles. The second kappa shape index (κ2) is 10.2. The number of amidine groups is 1. The molecule has 0 radical (unpaired) electrons. The molecule has 0 aliphatic carbocycles. The minimum Gasteiger partial charge on any atom is -0.383 e. The molecule has 1 aliphatic rings. The summed E-state index contributed by atoms with van der Waals surface area (Å²) in [6.07, 6.45) is 2.06. The van der Waals surface area contributed by atoms with Gasteiger partial charge < -0.3 is 15.5 Å². The van der Waals surface area contributed by atoms with E-state index in [-0.39, 0.29) is 12.4 Å². The van der Waals surface area contributed by atoms with Crippen LogP contribution in [0.1, 0.15) is 32.3 Å². The highest BCUT2D eigenvalue weighted by atomic mass is 35.5. The number of piperazine rings is 1. The van der Waals surface area contributed by atoms with E-state index in [0.717, 1.165) is 44.6 Å². The molecule has 0 saturated carbocycles. The second-order valence-corrected chi connectivity index (χ2v) is 6.84. The largest absolute Gasteiger partial charge is 0.383 e. The van der Waals surface area contributed by atoms with Crippen molar-refractivity contribution in [1.29, 1.82) is 0 Å². The fourth-order valence-corrected chi connectivity index (χ4v) is 3.45. The van der Waals surface area contributed by atoms with Gasteiger partial charge in [0.05, 0.1) is 6.04 Å². The molecule has 0 aromatic heterocycles. The van der Waals surface area contributed by atoms with Crippen LogP contribution in [-0.4, -0.2) is 38.1 Å². The molecule has 2 aromatic rings. The maximum absolute atomic E-state index is 6.19. The first-order valence-electron chi connectivity index (χ1n) is 9.70. The van der Waals surface area contributed by atoms with Crippen molar-refractivity contribution >= 4 is 29.6 Å². The molecule has 0 amide bonds. The zero-order valence-electron chi connectivity index (χ0n) is 16.3. The Kier molecular flexibility index (Phi) is 7.99. The molecule has 3 rings (SSSR count). The van der Waals surface area contributed by atoms with E-state index in [1.54, 1.807) is 0 Å². The topological polar surface area (TPSA) is 44.9 Å². The fraction of sp³-hybridized carbons (Fsp3) is 0.409. The van der Waals surface area contributed by atoms with E-state index in [4.69, 9.17) is 5.73 Å². The zero-order chi connectivity index (χ0) is 18.4. The van der Waals surface area contributed by atoms with Gasteiger partial charge in [-0.1, -0.05) is 32.0 Å². The summed E-state index contributed by atoms with van der Waals surface area (Å²) in [5.41, 5.74) is 9.78. The smallest absolute Gasteiger partial charge is 0.125 e. The number of nitrogens with two attached hydrogens (primary N) is 1. The van der Waals surface area contributed by atoms with Gasteiger partial charge in [0.15, 0.2) is 0 Å². The van der Waals surface area contributed by atoms with Crippen LogP contribution in [0.2, 0.25) is 0 Å². The van der Waals surface area contributed by atoms with Crippen molar-refractivity contribution in [2.45, 2.75) is 32.7 Å². The van der Waals surface area contributed by atoms with Crippen LogP contribution < -0.4 is 15.5 Å². The van der Waals surface area contributed by atoms with Gasteiger partial charge in [-0.05, 0) is 49.2 Å². The minimum atomic E-state index is 0. The third-order valence-electron chi connectivity index (χ3n) is 5.19. The SMILES string of the molecule is CCC(CC)N=C(N)c1ccc(N2CCN(c3ccccc3)CC2)cc1.Cl. The summed E-state index contributed by atoms with van der Waals surface area (Å²) < 4.78 is 0. The second-order valence-electron chi connectivity index (χ2n) is 6.84. The number of aliphatic imine (C=N–C) groups is 1. The van der Waals surface area contributed by atoms with Gasteiger partial charge in [0, 0.05) is 43.1 Å². The van der Waals surface area contributed by atoms with Gasteiger partial charge >= 0.3 is 0 Å². The summed E-state index contributed by atoms with van der Waals surface area (Å²) in [5, 5.41) is 0. The quantitative estimate of drug-likeness (QED) is 0.593. The number of hydrogen-bond acceptors (Lipinski definition) is 3. The van der Waals surface area contributed by atoms with Crippen LogP contribution in [-0.2, 0) is 0 Å². The minimum absolute atomic E-state index is 0. The number of rotatable bonds is 6. The van der Waals surface area contributed by atoms with E-state index < -0.39 is 0 Å². The lowest BCUT2D eigenvalue weighted by atomic mass is 10.1. The van der Waals surface area contributed by atoms with Crippen LogP contribution in [0, 0.1) is 0 Å². The van der Waals surface area contributed by atoms with Crippen LogP contribution in [0.25, 0.3) is 0 Å². The van der Waals surface area contributed by atoms with E-state index in [1.165, 1.54) is 11.4 Å². The Morgan fingerprint density at radius 3 is 1.81 bits per heavy atom. The molecule has 0 bridgehead atoms. The monoisotopic (exact) mass is 386 g/mol. The first kappa shape index (κ1) is 21.1. The van der Waals surface area contributed by atoms with Gasteiger partial charge in [-0.25, -0.2) is 0 Å². The van der Waals surface area contributed by atoms with Crippen molar-refractivity contribution in [3.05, 3.63) is 60.2 Å². The van der Waals surface area contributed by atoms with E-state index >= 15 is 0 Å². The lowest BCUT2D eigenvalue weighted by Crippen LogP contribution is -2.46. The first-order chi connectivity index (χ1) is 12.7. The number of benzene rings is 2. The molecule has 2 N–H and O–H groups in total. The van der Waals surface area contributed by atoms with Crippen molar-refractivity contribution < 1.29 is 0 Å². The summed E-state index contributed by atoms with van der Waals surface area (Å²) in [7, 11) is 0. The molecule has 4 nitrogen and oxygen atoms in total. The maximum Gasteiger partial charge on any atom is 0.125 e. The Labute approximate surface area is 169 Å². The van der Waals surface area contributed by atoms with E-state index in [0.29, 0.717) is 11.9 Å². The molecular formula is C22H31ClN4. The Morgan fingerprint density at radius 2 is 1.33 bits per heavy atom. The summed E-state index contributed by atoms with van der Waals surface area (Å²) in [6, 6.07) is 19.5. The number of nitrogens with zero attached hydrogens (tertiary/aromatic N) is 3. The zero-order valence-corrected chi connectivity index (χ0v) is 17.2. The molecule has 0 unspecified atom stereocenters. The van der Waals surface area contributed by atoms with E-state index in [2.05, 4.69) is 83.2 Å². The molecule has 1 aliphatic heterocycles. The number of anilines is 2. The van der Waals surface area contributed by atoms with Gasteiger partial charge in [0.1, 0.15) is 5.84 Å². The van der Waals surface area contributed by atoms with Crippen molar-refractivity contribution in [2.24, 2.45) is 10.7 Å². The van der Waals surface area contributed by atoms with Crippen molar-refractivity contribution in [2.75, 3.05) is 36.0 Å². The summed E-state index contributed by atoms with van der Waals surface area (Å²) in [5.74, 6) is 0.652. The Balaban J connectivity index is 0.00000261. The van der Waals surface area contributed by atoms with Gasteiger partial charge in [-0.2, -0.15) is 0 Å². The summed E-state index contributed by atoms with van der Waals surface area (Å²) in [4.78, 5) is 9.54. The number of hydrogen-bond donors (Lipinski definition) is 1. The molecule has 2 aromatic carbocycles. The first-order valence-corrected chi connectivity index (χ1v) is 9.70. The molecular weight excluding hydrogens is 356 g/mol. The van der Waals surface area contributed by atoms with Gasteiger partial charge in [-0.3, -0.25) is 4.99 Å². The van der Waals surface area contributed by atoms with Crippen LogP contribution in [0.3, 0.4) is 0 Å². The predicted octanol–water partition coefficient (Wildman–Crippen LogP) is 4.33. The number of halogens is 1. The van der Waals surface area contributed by atoms with E-state index in [1.807, 2.05) is 0 Å². The average Bonchev–Trinajstić information content (AvgIpc) is 2.72.